The van der Waals surface area contributed by atoms with Gasteiger partial charge in [-0.1, -0.05) is 0 Å². The summed E-state index contributed by atoms with van der Waals surface area (Å²) in [7, 11) is 0. The predicted octanol–water partition coefficient (Wildman–Crippen LogP) is 1.79. The van der Waals surface area contributed by atoms with E-state index < -0.39 is 0 Å². The molecule has 0 atom stereocenters. The van der Waals surface area contributed by atoms with E-state index in [1.165, 1.54) is 12.8 Å². The highest BCUT2D eigenvalue weighted by Crippen LogP contribution is 2.37. The number of anilines is 1. The summed E-state index contributed by atoms with van der Waals surface area (Å²) in [5, 5.41) is 3.17. The predicted molar refractivity (Wildman–Crippen MR) is 48.2 cm³/mol. The highest BCUT2D eigenvalue weighted by molar-refractivity contribution is 5.37. The molecule has 1 aromatic heterocycles. The van der Waals surface area contributed by atoms with Crippen molar-refractivity contribution in [3.05, 3.63) is 18.2 Å². The van der Waals surface area contributed by atoms with Crippen LogP contribution in [-0.2, 0) is 0 Å². The van der Waals surface area contributed by atoms with Crippen LogP contribution in [0.5, 0.6) is 0 Å². The summed E-state index contributed by atoms with van der Waals surface area (Å²) < 4.78 is 0. The molecule has 2 rings (SSSR count). The minimum absolute atomic E-state index is 0.653. The van der Waals surface area contributed by atoms with E-state index in [4.69, 9.17) is 0 Å². The molecule has 0 aliphatic heterocycles. The third kappa shape index (κ3) is 1.55. The average molecular weight is 163 g/mol. The molecule has 1 aliphatic rings. The van der Waals surface area contributed by atoms with E-state index >= 15 is 0 Å². The molecule has 0 radical (unpaired) electrons. The van der Waals surface area contributed by atoms with Gasteiger partial charge in [0.2, 0.25) is 0 Å². The number of aromatic nitrogens is 2. The Morgan fingerprint density at radius 3 is 2.58 bits per heavy atom. The first-order chi connectivity index (χ1) is 5.90. The van der Waals surface area contributed by atoms with Gasteiger partial charge in [0.1, 0.15) is 5.82 Å². The monoisotopic (exact) mass is 163 g/mol. The number of rotatable bonds is 3. The van der Waals surface area contributed by atoms with Crippen molar-refractivity contribution in [2.75, 3.05) is 11.9 Å². The fourth-order valence-electron chi connectivity index (χ4n) is 1.19. The Morgan fingerprint density at radius 2 is 2.08 bits per heavy atom. The van der Waals surface area contributed by atoms with E-state index in [0.29, 0.717) is 5.92 Å². The first kappa shape index (κ1) is 7.53. The molecule has 64 valence electrons. The van der Waals surface area contributed by atoms with Gasteiger partial charge in [0.25, 0.3) is 0 Å². The Balaban J connectivity index is 2.08. The molecule has 1 fully saturated rings. The molecule has 1 saturated carbocycles. The van der Waals surface area contributed by atoms with Crippen molar-refractivity contribution >= 4 is 5.69 Å². The zero-order valence-corrected chi connectivity index (χ0v) is 7.25. The van der Waals surface area contributed by atoms with E-state index in [9.17, 15) is 0 Å². The molecule has 0 saturated heterocycles. The molecule has 0 spiro atoms. The quantitative estimate of drug-likeness (QED) is 0.738. The van der Waals surface area contributed by atoms with Crippen LogP contribution >= 0.6 is 0 Å². The van der Waals surface area contributed by atoms with E-state index in [2.05, 4.69) is 22.2 Å². The van der Waals surface area contributed by atoms with E-state index in [1.807, 2.05) is 12.4 Å². The van der Waals surface area contributed by atoms with Crippen molar-refractivity contribution in [1.82, 2.24) is 9.97 Å². The minimum atomic E-state index is 0.653. The fraction of sp³-hybridized carbons (Fsp3) is 0.556. The maximum atomic E-state index is 4.29. The van der Waals surface area contributed by atoms with Gasteiger partial charge in [-0.15, -0.1) is 0 Å². The molecule has 1 aromatic rings. The highest BCUT2D eigenvalue weighted by atomic mass is 15.0. The van der Waals surface area contributed by atoms with Crippen LogP contribution in [0.25, 0.3) is 0 Å². The van der Waals surface area contributed by atoms with Gasteiger partial charge in [0, 0.05) is 12.5 Å². The Labute approximate surface area is 72.2 Å². The van der Waals surface area contributed by atoms with Gasteiger partial charge in [0.15, 0.2) is 0 Å². The highest BCUT2D eigenvalue weighted by Gasteiger charge is 2.25. The molecule has 1 heterocycles. The molecule has 3 heteroatoms. The van der Waals surface area contributed by atoms with Gasteiger partial charge in [-0.3, -0.25) is 0 Å². The van der Waals surface area contributed by atoms with E-state index in [-0.39, 0.29) is 0 Å². The fourth-order valence-corrected chi connectivity index (χ4v) is 1.19. The second kappa shape index (κ2) is 3.09. The second-order valence-electron chi connectivity index (χ2n) is 3.13. The third-order valence-corrected chi connectivity index (χ3v) is 2.00. The lowest BCUT2D eigenvalue weighted by Gasteiger charge is -2.01. The maximum absolute atomic E-state index is 4.29. The summed E-state index contributed by atoms with van der Waals surface area (Å²) in [5.74, 6) is 1.66. The standard InChI is InChI=1S/C9H13N3/c1-2-10-8-5-11-9(12-6-8)7-3-4-7/h5-7,10H,2-4H2,1H3. The molecule has 0 aromatic carbocycles. The lowest BCUT2D eigenvalue weighted by Crippen LogP contribution is -1.99. The number of nitrogens with zero attached hydrogens (tertiary/aromatic N) is 2. The first-order valence-electron chi connectivity index (χ1n) is 4.46. The van der Waals surface area contributed by atoms with Crippen LogP contribution in [0.1, 0.15) is 31.5 Å². The van der Waals surface area contributed by atoms with Crippen LogP contribution in [0.4, 0.5) is 5.69 Å². The largest absolute Gasteiger partial charge is 0.383 e. The van der Waals surface area contributed by atoms with Gasteiger partial charge in [-0.05, 0) is 19.8 Å². The molecule has 0 unspecified atom stereocenters. The summed E-state index contributed by atoms with van der Waals surface area (Å²) in [6.07, 6.45) is 6.26. The number of hydrogen-bond donors (Lipinski definition) is 1. The molecule has 0 amide bonds. The molecular weight excluding hydrogens is 150 g/mol. The van der Waals surface area contributed by atoms with Crippen molar-refractivity contribution in [3.63, 3.8) is 0 Å². The summed E-state index contributed by atoms with van der Waals surface area (Å²) in [6.45, 7) is 2.99. The smallest absolute Gasteiger partial charge is 0.131 e. The SMILES string of the molecule is CCNc1cnc(C2CC2)nc1. The summed E-state index contributed by atoms with van der Waals surface area (Å²) >= 11 is 0. The van der Waals surface area contributed by atoms with Gasteiger partial charge in [0.05, 0.1) is 18.1 Å². The summed E-state index contributed by atoms with van der Waals surface area (Å²) in [6, 6.07) is 0. The van der Waals surface area contributed by atoms with Crippen LogP contribution in [0.2, 0.25) is 0 Å². The molecule has 1 aliphatic carbocycles. The lowest BCUT2D eigenvalue weighted by atomic mass is 10.4. The zero-order valence-electron chi connectivity index (χ0n) is 7.25. The molecule has 12 heavy (non-hydrogen) atoms. The Hall–Kier alpha value is -1.12. The number of nitrogens with one attached hydrogen (secondary N) is 1. The molecule has 0 bridgehead atoms. The molecule has 3 nitrogen and oxygen atoms in total. The van der Waals surface area contributed by atoms with Crippen LogP contribution in [0.15, 0.2) is 12.4 Å². The van der Waals surface area contributed by atoms with Crippen molar-refractivity contribution in [3.8, 4) is 0 Å². The first-order valence-corrected chi connectivity index (χ1v) is 4.46. The second-order valence-corrected chi connectivity index (χ2v) is 3.13. The normalized spacial score (nSPS) is 16.1. The Bertz CT molecular complexity index is 251. The van der Waals surface area contributed by atoms with Gasteiger partial charge in [-0.25, -0.2) is 9.97 Å². The summed E-state index contributed by atoms with van der Waals surface area (Å²) in [5.41, 5.74) is 1.02. The Morgan fingerprint density at radius 1 is 1.42 bits per heavy atom. The van der Waals surface area contributed by atoms with Crippen molar-refractivity contribution in [2.45, 2.75) is 25.7 Å². The van der Waals surface area contributed by atoms with Crippen molar-refractivity contribution in [2.24, 2.45) is 0 Å². The summed E-state index contributed by atoms with van der Waals surface area (Å²) in [4.78, 5) is 8.57. The lowest BCUT2D eigenvalue weighted by molar-refractivity contribution is 0.925. The van der Waals surface area contributed by atoms with Gasteiger partial charge < -0.3 is 5.32 Å². The van der Waals surface area contributed by atoms with Crippen molar-refractivity contribution in [1.29, 1.82) is 0 Å². The zero-order chi connectivity index (χ0) is 8.39. The molecule has 1 N–H and O–H groups in total. The van der Waals surface area contributed by atoms with E-state index in [1.54, 1.807) is 0 Å². The van der Waals surface area contributed by atoms with Crippen molar-refractivity contribution < 1.29 is 0 Å². The Kier molecular flexibility index (Phi) is 1.94. The van der Waals surface area contributed by atoms with Crippen LogP contribution in [-0.4, -0.2) is 16.5 Å². The molecular formula is C9H13N3. The van der Waals surface area contributed by atoms with Gasteiger partial charge >= 0.3 is 0 Å². The average Bonchev–Trinajstić information content (AvgIpc) is 2.89. The van der Waals surface area contributed by atoms with E-state index in [0.717, 1.165) is 18.1 Å². The third-order valence-electron chi connectivity index (χ3n) is 2.00. The maximum Gasteiger partial charge on any atom is 0.131 e. The van der Waals surface area contributed by atoms with Crippen LogP contribution < -0.4 is 5.32 Å². The van der Waals surface area contributed by atoms with Crippen LogP contribution in [0, 0.1) is 0 Å². The van der Waals surface area contributed by atoms with Crippen LogP contribution in [0.3, 0.4) is 0 Å². The number of hydrogen-bond acceptors (Lipinski definition) is 3. The van der Waals surface area contributed by atoms with Gasteiger partial charge in [-0.2, -0.15) is 0 Å². The minimum Gasteiger partial charge on any atom is -0.383 e. The topological polar surface area (TPSA) is 37.8 Å².